The SMILES string of the molecule is CN1CCC(C(=O)N2CC[C@H](CNc3ncc(-c4ccc5cc(-c6cnc([C@@H]7CCCN7C(=O)C7CCN(C)CC7)[nH]6)ccc5c4)cn3)C2)CC1. The van der Waals surface area contributed by atoms with Gasteiger partial charge < -0.3 is 29.9 Å². The minimum absolute atomic E-state index is 0.0235. The number of benzene rings is 2. The maximum Gasteiger partial charge on any atom is 0.226 e. The van der Waals surface area contributed by atoms with E-state index in [2.05, 4.69) is 90.4 Å². The second-order valence-electron chi connectivity index (χ2n) is 15.4. The number of hydrogen-bond donors (Lipinski definition) is 2. The van der Waals surface area contributed by atoms with Crippen LogP contribution in [0.1, 0.15) is 56.8 Å². The number of piperidine rings is 2. The Morgan fingerprint density at radius 1 is 0.725 bits per heavy atom. The summed E-state index contributed by atoms with van der Waals surface area (Å²) in [6.07, 6.45) is 12.5. The average Bonchev–Trinajstić information content (AvgIpc) is 3.96. The number of aromatic amines is 1. The maximum atomic E-state index is 13.5. The maximum absolute atomic E-state index is 13.5. The third-order valence-corrected chi connectivity index (χ3v) is 11.9. The number of H-pyrrole nitrogens is 1. The van der Waals surface area contributed by atoms with Gasteiger partial charge in [0.1, 0.15) is 5.82 Å². The summed E-state index contributed by atoms with van der Waals surface area (Å²) in [5, 5.41) is 5.70. The fourth-order valence-corrected chi connectivity index (χ4v) is 8.57. The third kappa shape index (κ3) is 7.37. The van der Waals surface area contributed by atoms with Gasteiger partial charge in [0.05, 0.1) is 17.9 Å². The largest absolute Gasteiger partial charge is 0.354 e. The zero-order valence-electron chi connectivity index (χ0n) is 30.1. The zero-order chi connectivity index (χ0) is 34.9. The molecule has 2 aromatic heterocycles. The average molecular weight is 690 g/mol. The van der Waals surface area contributed by atoms with E-state index < -0.39 is 0 Å². The van der Waals surface area contributed by atoms with Gasteiger partial charge in [-0.3, -0.25) is 9.59 Å². The van der Waals surface area contributed by atoms with Crippen LogP contribution >= 0.6 is 0 Å². The Labute approximate surface area is 300 Å². The van der Waals surface area contributed by atoms with Crippen molar-refractivity contribution in [2.75, 3.05) is 71.8 Å². The van der Waals surface area contributed by atoms with Crippen molar-refractivity contribution in [3.05, 3.63) is 60.8 Å². The van der Waals surface area contributed by atoms with Crippen LogP contribution in [0, 0.1) is 17.8 Å². The first-order chi connectivity index (χ1) is 24.9. The van der Waals surface area contributed by atoms with E-state index in [0.29, 0.717) is 23.7 Å². The Balaban J connectivity index is 0.868. The number of hydrogen-bond acceptors (Lipinski definition) is 8. The van der Waals surface area contributed by atoms with Gasteiger partial charge >= 0.3 is 0 Å². The predicted octanol–water partition coefficient (Wildman–Crippen LogP) is 5.29. The van der Waals surface area contributed by atoms with Crippen LogP contribution in [0.4, 0.5) is 5.95 Å². The van der Waals surface area contributed by atoms with E-state index in [1.54, 1.807) is 0 Å². The highest BCUT2D eigenvalue weighted by molar-refractivity contribution is 5.90. The van der Waals surface area contributed by atoms with Crippen molar-refractivity contribution >= 4 is 28.5 Å². The Bertz CT molecular complexity index is 1840. The summed E-state index contributed by atoms with van der Waals surface area (Å²) in [5.41, 5.74) is 4.09. The Morgan fingerprint density at radius 2 is 1.37 bits per heavy atom. The van der Waals surface area contributed by atoms with Gasteiger partial charge in [-0.15, -0.1) is 0 Å². The Kier molecular flexibility index (Phi) is 9.74. The number of carbonyl (C=O) groups is 2. The highest BCUT2D eigenvalue weighted by Gasteiger charge is 2.36. The van der Waals surface area contributed by atoms with Crippen LogP contribution in [-0.2, 0) is 9.59 Å². The first-order valence-electron chi connectivity index (χ1n) is 19.0. The van der Waals surface area contributed by atoms with Crippen molar-refractivity contribution in [2.24, 2.45) is 17.8 Å². The minimum atomic E-state index is 0.0235. The van der Waals surface area contributed by atoms with Gasteiger partial charge in [-0.2, -0.15) is 0 Å². The van der Waals surface area contributed by atoms with E-state index in [1.807, 2.05) is 18.6 Å². The standard InChI is InChI=1S/C40H51N9O2/c1-46-15-10-28(11-16-46)38(50)48-19-9-27(26-48)22-42-40-43-23-34(24-44-40)32-6-5-31-21-33(8-7-30(31)20-32)35-25-41-37(45-35)36-4-3-14-49(36)39(51)29-12-17-47(2)18-13-29/h5-8,20-21,23-25,27-29,36H,3-4,9-19,22,26H2,1-2H3,(H,41,45)(H,42,43,44)/t27-,36+/m1/s1. The highest BCUT2D eigenvalue weighted by atomic mass is 16.2. The molecule has 0 spiro atoms. The van der Waals surface area contributed by atoms with Crippen LogP contribution in [-0.4, -0.2) is 118 Å². The molecule has 0 radical (unpaired) electrons. The van der Waals surface area contributed by atoms with Crippen molar-refractivity contribution < 1.29 is 9.59 Å². The van der Waals surface area contributed by atoms with Gasteiger partial charge in [-0.1, -0.05) is 24.3 Å². The van der Waals surface area contributed by atoms with Crippen LogP contribution in [0.3, 0.4) is 0 Å². The van der Waals surface area contributed by atoms with Crippen molar-refractivity contribution in [1.29, 1.82) is 0 Å². The third-order valence-electron chi connectivity index (χ3n) is 11.9. The summed E-state index contributed by atoms with van der Waals surface area (Å²) in [6.45, 7) is 7.26. The topological polar surface area (TPSA) is 114 Å². The number of nitrogens with zero attached hydrogens (tertiary/aromatic N) is 7. The Hall–Kier alpha value is -4.35. The predicted molar refractivity (Wildman–Crippen MR) is 200 cm³/mol. The molecule has 2 amide bonds. The number of likely N-dealkylation sites (tertiary alicyclic amines) is 4. The Morgan fingerprint density at radius 3 is 2.08 bits per heavy atom. The zero-order valence-corrected chi connectivity index (χ0v) is 30.1. The van der Waals surface area contributed by atoms with Crippen molar-refractivity contribution in [1.82, 2.24) is 39.5 Å². The molecule has 2 aromatic carbocycles. The molecule has 0 aliphatic carbocycles. The highest BCUT2D eigenvalue weighted by Crippen LogP contribution is 2.35. The van der Waals surface area contributed by atoms with Crippen LogP contribution in [0.25, 0.3) is 33.2 Å². The van der Waals surface area contributed by atoms with Crippen molar-refractivity contribution in [3.8, 4) is 22.4 Å². The number of amides is 2. The number of carbonyl (C=O) groups excluding carboxylic acids is 2. The molecule has 51 heavy (non-hydrogen) atoms. The number of imidazole rings is 1. The lowest BCUT2D eigenvalue weighted by molar-refractivity contribution is -0.138. The molecule has 4 aliphatic rings. The molecule has 11 heteroatoms. The molecule has 6 heterocycles. The normalized spacial score (nSPS) is 22.6. The molecule has 4 fully saturated rings. The van der Waals surface area contributed by atoms with Gasteiger partial charge in [0.25, 0.3) is 0 Å². The summed E-state index contributed by atoms with van der Waals surface area (Å²) in [4.78, 5) is 52.9. The number of aromatic nitrogens is 4. The van der Waals surface area contributed by atoms with Crippen LogP contribution < -0.4 is 5.32 Å². The lowest BCUT2D eigenvalue weighted by Crippen LogP contribution is -2.41. The van der Waals surface area contributed by atoms with Gasteiger partial charge in [0.15, 0.2) is 0 Å². The molecule has 0 bridgehead atoms. The van der Waals surface area contributed by atoms with Crippen LogP contribution in [0.15, 0.2) is 55.0 Å². The summed E-state index contributed by atoms with van der Waals surface area (Å²) < 4.78 is 0. The molecular weight excluding hydrogens is 639 g/mol. The van der Waals surface area contributed by atoms with Crippen LogP contribution in [0.5, 0.6) is 0 Å². The lowest BCUT2D eigenvalue weighted by atomic mass is 9.95. The second kappa shape index (κ2) is 14.7. The molecule has 0 unspecified atom stereocenters. The van der Waals surface area contributed by atoms with Crippen LogP contribution in [0.2, 0.25) is 0 Å². The smallest absolute Gasteiger partial charge is 0.226 e. The first-order valence-corrected chi connectivity index (χ1v) is 19.0. The minimum Gasteiger partial charge on any atom is -0.354 e. The number of anilines is 1. The summed E-state index contributed by atoms with van der Waals surface area (Å²) in [5.74, 6) is 2.88. The molecule has 2 atom stereocenters. The molecular formula is C40H51N9O2. The summed E-state index contributed by atoms with van der Waals surface area (Å²) in [6, 6.07) is 13.0. The van der Waals surface area contributed by atoms with E-state index in [4.69, 9.17) is 4.98 Å². The van der Waals surface area contributed by atoms with Crippen molar-refractivity contribution in [2.45, 2.75) is 51.0 Å². The number of nitrogens with one attached hydrogen (secondary N) is 2. The molecule has 11 nitrogen and oxygen atoms in total. The fraction of sp³-hybridized carbons (Fsp3) is 0.525. The summed E-state index contributed by atoms with van der Waals surface area (Å²) in [7, 11) is 4.27. The van der Waals surface area contributed by atoms with E-state index >= 15 is 0 Å². The molecule has 4 aliphatic heterocycles. The van der Waals surface area contributed by atoms with Gasteiger partial charge in [0.2, 0.25) is 17.8 Å². The lowest BCUT2D eigenvalue weighted by Gasteiger charge is -2.32. The second-order valence-corrected chi connectivity index (χ2v) is 15.4. The number of rotatable bonds is 8. The van der Waals surface area contributed by atoms with E-state index in [1.165, 1.54) is 0 Å². The molecule has 2 N–H and O–H groups in total. The molecule has 4 aromatic rings. The van der Waals surface area contributed by atoms with Gasteiger partial charge in [-0.05, 0) is 120 Å². The first kappa shape index (κ1) is 33.8. The van der Waals surface area contributed by atoms with E-state index in [-0.39, 0.29) is 17.9 Å². The van der Waals surface area contributed by atoms with E-state index in [9.17, 15) is 9.59 Å². The quantitative estimate of drug-likeness (QED) is 0.257. The molecule has 4 saturated heterocycles. The summed E-state index contributed by atoms with van der Waals surface area (Å²) >= 11 is 0. The van der Waals surface area contributed by atoms with Gasteiger partial charge in [0, 0.05) is 61.5 Å². The van der Waals surface area contributed by atoms with Gasteiger partial charge in [-0.25, -0.2) is 15.0 Å². The monoisotopic (exact) mass is 689 g/mol. The number of fused-ring (bicyclic) bond motifs is 1. The molecule has 0 saturated carbocycles. The molecule has 268 valence electrons. The van der Waals surface area contributed by atoms with E-state index in [0.717, 1.165) is 136 Å². The molecule has 8 rings (SSSR count). The fourth-order valence-electron chi connectivity index (χ4n) is 8.57. The van der Waals surface area contributed by atoms with Crippen molar-refractivity contribution in [3.63, 3.8) is 0 Å².